The van der Waals surface area contributed by atoms with Gasteiger partial charge in [0, 0.05) is 31.0 Å². The summed E-state index contributed by atoms with van der Waals surface area (Å²) in [6.45, 7) is 7.62. The van der Waals surface area contributed by atoms with E-state index in [0.29, 0.717) is 12.8 Å². The van der Waals surface area contributed by atoms with Crippen LogP contribution in [0.15, 0.2) is 48.8 Å². The second-order valence-corrected chi connectivity index (χ2v) is 5.88. The summed E-state index contributed by atoms with van der Waals surface area (Å²) in [6.07, 6.45) is 5.76. The highest BCUT2D eigenvalue weighted by atomic mass is 16.1. The summed E-state index contributed by atoms with van der Waals surface area (Å²) in [5.41, 5.74) is 3.24. The fourth-order valence-electron chi connectivity index (χ4n) is 2.61. The summed E-state index contributed by atoms with van der Waals surface area (Å²) in [5.74, 6) is 0.0368. The number of pyridine rings is 1. The van der Waals surface area contributed by atoms with Gasteiger partial charge in [-0.25, -0.2) is 0 Å². The molecule has 1 amide bonds. The minimum atomic E-state index is 0.0368. The van der Waals surface area contributed by atoms with Crippen LogP contribution >= 0.6 is 0 Å². The molecule has 0 aliphatic carbocycles. The standard InChI is InChI=1S/C20H27N3O/c1-3-23(4-2)15-13-17-7-10-19(11-8-17)22-20(24)12-9-18-6-5-14-21-16-18/h5-8,10-11,14,16H,3-4,9,12-13,15H2,1-2H3,(H,22,24). The Morgan fingerprint density at radius 1 is 1.04 bits per heavy atom. The Morgan fingerprint density at radius 2 is 1.79 bits per heavy atom. The van der Waals surface area contributed by atoms with E-state index < -0.39 is 0 Å². The minimum Gasteiger partial charge on any atom is -0.326 e. The second-order valence-electron chi connectivity index (χ2n) is 5.88. The highest BCUT2D eigenvalue weighted by Crippen LogP contribution is 2.11. The van der Waals surface area contributed by atoms with E-state index in [4.69, 9.17) is 0 Å². The molecule has 0 unspecified atom stereocenters. The Bertz CT molecular complexity index is 607. The van der Waals surface area contributed by atoms with Gasteiger partial charge >= 0.3 is 0 Å². The number of hydrogen-bond donors (Lipinski definition) is 1. The zero-order valence-electron chi connectivity index (χ0n) is 14.7. The first-order valence-electron chi connectivity index (χ1n) is 8.71. The molecular formula is C20H27N3O. The van der Waals surface area contributed by atoms with Crippen LogP contribution in [0.2, 0.25) is 0 Å². The van der Waals surface area contributed by atoms with Gasteiger partial charge in [-0.1, -0.05) is 32.0 Å². The Morgan fingerprint density at radius 3 is 2.42 bits per heavy atom. The molecule has 1 heterocycles. The molecule has 0 saturated heterocycles. The van der Waals surface area contributed by atoms with Crippen LogP contribution in [0.25, 0.3) is 0 Å². The molecule has 0 atom stereocenters. The van der Waals surface area contributed by atoms with E-state index in [1.165, 1.54) is 5.56 Å². The number of anilines is 1. The Hall–Kier alpha value is -2.20. The number of likely N-dealkylation sites (N-methyl/N-ethyl adjacent to an activating group) is 1. The fourth-order valence-corrected chi connectivity index (χ4v) is 2.61. The summed E-state index contributed by atoms with van der Waals surface area (Å²) in [6, 6.07) is 12.1. The molecule has 0 radical (unpaired) electrons. The molecular weight excluding hydrogens is 298 g/mol. The lowest BCUT2D eigenvalue weighted by molar-refractivity contribution is -0.116. The molecule has 2 rings (SSSR count). The average Bonchev–Trinajstić information content (AvgIpc) is 2.63. The number of benzene rings is 1. The molecule has 0 fully saturated rings. The molecule has 1 aromatic carbocycles. The first-order chi connectivity index (χ1) is 11.7. The van der Waals surface area contributed by atoms with Gasteiger partial charge < -0.3 is 10.2 Å². The average molecular weight is 325 g/mol. The van der Waals surface area contributed by atoms with Crippen LogP contribution in [-0.2, 0) is 17.6 Å². The van der Waals surface area contributed by atoms with Crippen molar-refractivity contribution < 1.29 is 4.79 Å². The minimum absolute atomic E-state index is 0.0368. The van der Waals surface area contributed by atoms with Crippen LogP contribution in [-0.4, -0.2) is 35.4 Å². The predicted octanol–water partition coefficient (Wildman–Crippen LogP) is 3.54. The molecule has 0 aliphatic rings. The van der Waals surface area contributed by atoms with E-state index in [1.54, 1.807) is 12.4 Å². The van der Waals surface area contributed by atoms with Crippen molar-refractivity contribution >= 4 is 11.6 Å². The summed E-state index contributed by atoms with van der Waals surface area (Å²) < 4.78 is 0. The quantitative estimate of drug-likeness (QED) is 0.767. The van der Waals surface area contributed by atoms with Crippen molar-refractivity contribution in [1.29, 1.82) is 0 Å². The maximum atomic E-state index is 12.0. The summed E-state index contributed by atoms with van der Waals surface area (Å²) in [4.78, 5) is 18.5. The van der Waals surface area contributed by atoms with E-state index in [2.05, 4.69) is 41.2 Å². The van der Waals surface area contributed by atoms with Gasteiger partial charge in [0.25, 0.3) is 0 Å². The van der Waals surface area contributed by atoms with Crippen molar-refractivity contribution in [3.63, 3.8) is 0 Å². The third kappa shape index (κ3) is 6.13. The molecule has 2 aromatic rings. The van der Waals surface area contributed by atoms with Gasteiger partial charge in [-0.2, -0.15) is 0 Å². The van der Waals surface area contributed by atoms with E-state index in [1.807, 2.05) is 24.3 Å². The highest BCUT2D eigenvalue weighted by Gasteiger charge is 2.04. The number of aryl methyl sites for hydroxylation is 1. The zero-order chi connectivity index (χ0) is 17.2. The lowest BCUT2D eigenvalue weighted by Crippen LogP contribution is -2.25. The monoisotopic (exact) mass is 325 g/mol. The SMILES string of the molecule is CCN(CC)CCc1ccc(NC(=O)CCc2cccnc2)cc1. The number of aromatic nitrogens is 1. The summed E-state index contributed by atoms with van der Waals surface area (Å²) in [7, 11) is 0. The molecule has 0 aliphatic heterocycles. The van der Waals surface area contributed by atoms with E-state index >= 15 is 0 Å². The van der Waals surface area contributed by atoms with E-state index in [0.717, 1.165) is 37.3 Å². The van der Waals surface area contributed by atoms with Crippen LogP contribution in [0.5, 0.6) is 0 Å². The third-order valence-corrected chi connectivity index (χ3v) is 4.21. The summed E-state index contributed by atoms with van der Waals surface area (Å²) in [5, 5.41) is 2.96. The van der Waals surface area contributed by atoms with Crippen LogP contribution in [0, 0.1) is 0 Å². The molecule has 4 nitrogen and oxygen atoms in total. The first kappa shape index (κ1) is 18.1. The highest BCUT2D eigenvalue weighted by molar-refractivity contribution is 5.90. The lowest BCUT2D eigenvalue weighted by Gasteiger charge is -2.17. The van der Waals surface area contributed by atoms with Crippen molar-refractivity contribution in [2.75, 3.05) is 25.0 Å². The van der Waals surface area contributed by atoms with Crippen molar-refractivity contribution in [2.45, 2.75) is 33.1 Å². The first-order valence-corrected chi connectivity index (χ1v) is 8.71. The summed E-state index contributed by atoms with van der Waals surface area (Å²) >= 11 is 0. The van der Waals surface area contributed by atoms with Gasteiger partial charge in [-0.05, 0) is 55.3 Å². The van der Waals surface area contributed by atoms with E-state index in [-0.39, 0.29) is 5.91 Å². The van der Waals surface area contributed by atoms with Crippen molar-refractivity contribution in [3.8, 4) is 0 Å². The second kappa shape index (κ2) is 9.83. The molecule has 0 spiro atoms. The normalized spacial score (nSPS) is 10.8. The number of rotatable bonds is 9. The van der Waals surface area contributed by atoms with Gasteiger partial charge in [-0.15, -0.1) is 0 Å². The van der Waals surface area contributed by atoms with Crippen LogP contribution in [0.1, 0.15) is 31.4 Å². The van der Waals surface area contributed by atoms with Crippen LogP contribution < -0.4 is 5.32 Å². The van der Waals surface area contributed by atoms with Crippen molar-refractivity contribution in [1.82, 2.24) is 9.88 Å². The Labute approximate surface area is 144 Å². The maximum absolute atomic E-state index is 12.0. The molecule has 1 N–H and O–H groups in total. The number of nitrogens with zero attached hydrogens (tertiary/aromatic N) is 2. The number of hydrogen-bond acceptors (Lipinski definition) is 3. The predicted molar refractivity (Wildman–Crippen MR) is 99.1 cm³/mol. The molecule has 1 aromatic heterocycles. The molecule has 24 heavy (non-hydrogen) atoms. The van der Waals surface area contributed by atoms with Gasteiger partial charge in [0.2, 0.25) is 5.91 Å². The Balaban J connectivity index is 1.77. The number of carbonyl (C=O) groups excluding carboxylic acids is 1. The topological polar surface area (TPSA) is 45.2 Å². The van der Waals surface area contributed by atoms with Gasteiger partial charge in [0.15, 0.2) is 0 Å². The number of carbonyl (C=O) groups is 1. The van der Waals surface area contributed by atoms with Crippen LogP contribution in [0.4, 0.5) is 5.69 Å². The molecule has 0 saturated carbocycles. The third-order valence-electron chi connectivity index (χ3n) is 4.21. The largest absolute Gasteiger partial charge is 0.326 e. The van der Waals surface area contributed by atoms with Gasteiger partial charge in [-0.3, -0.25) is 9.78 Å². The van der Waals surface area contributed by atoms with Crippen LogP contribution in [0.3, 0.4) is 0 Å². The molecule has 4 heteroatoms. The molecule has 128 valence electrons. The van der Waals surface area contributed by atoms with Crippen molar-refractivity contribution in [3.05, 3.63) is 59.9 Å². The lowest BCUT2D eigenvalue weighted by atomic mass is 10.1. The van der Waals surface area contributed by atoms with Gasteiger partial charge in [0.1, 0.15) is 0 Å². The fraction of sp³-hybridized carbons (Fsp3) is 0.400. The van der Waals surface area contributed by atoms with E-state index in [9.17, 15) is 4.79 Å². The number of amides is 1. The zero-order valence-corrected chi connectivity index (χ0v) is 14.7. The maximum Gasteiger partial charge on any atom is 0.224 e. The smallest absolute Gasteiger partial charge is 0.224 e. The number of nitrogens with one attached hydrogen (secondary N) is 1. The van der Waals surface area contributed by atoms with Gasteiger partial charge in [0.05, 0.1) is 0 Å². The molecule has 0 bridgehead atoms. The van der Waals surface area contributed by atoms with Crippen molar-refractivity contribution in [2.24, 2.45) is 0 Å². The Kier molecular flexibility index (Phi) is 7.43.